The second kappa shape index (κ2) is 35.1. The molecule has 2 heterocycles. The van der Waals surface area contributed by atoms with Crippen LogP contribution >= 0.6 is 0 Å². The molecule has 0 N–H and O–H groups in total. The van der Waals surface area contributed by atoms with E-state index in [4.69, 9.17) is 8.83 Å². The largest absolute Gasteiger partial charge is 0.455 e. The first-order valence-corrected chi connectivity index (χ1v) is 55.4. The van der Waals surface area contributed by atoms with Gasteiger partial charge in [0.1, 0.15) is 22.3 Å². The zero-order chi connectivity index (χ0) is 98.2. The Morgan fingerprint density at radius 1 is 0.194 bits per heavy atom. The lowest BCUT2D eigenvalue weighted by Crippen LogP contribution is -2.25. The van der Waals surface area contributed by atoms with Crippen molar-refractivity contribution in [1.82, 2.24) is 0 Å². The number of hydrogen-bond acceptors (Lipinski definition) is 3. The van der Waals surface area contributed by atoms with Gasteiger partial charge in [0.25, 0.3) is 0 Å². The van der Waals surface area contributed by atoms with E-state index in [0.717, 1.165) is 55.7 Å². The Labute approximate surface area is 855 Å². The molecule has 0 amide bonds. The molecule has 0 radical (unpaired) electrons. The van der Waals surface area contributed by atoms with E-state index in [1.54, 1.807) is 22.3 Å². The number of para-hydroxylation sites is 3. The number of rotatable bonds is 31. The first kappa shape index (κ1) is 92.1. The molecule has 0 aliphatic heterocycles. The van der Waals surface area contributed by atoms with Crippen molar-refractivity contribution in [2.75, 3.05) is 4.90 Å². The average Bonchev–Trinajstić information content (AvgIpc) is 1.52. The maximum absolute atomic E-state index is 7.35. The molecule has 3 heteroatoms. The topological polar surface area (TPSA) is 29.5 Å². The molecule has 7 aliphatic carbocycles. The highest BCUT2D eigenvalue weighted by atomic mass is 16.3. The van der Waals surface area contributed by atoms with E-state index in [0.29, 0.717) is 0 Å². The van der Waals surface area contributed by atoms with Crippen molar-refractivity contribution in [3.05, 3.63) is 375 Å². The van der Waals surface area contributed by atoms with Crippen LogP contribution in [-0.2, 0) is 37.9 Å². The van der Waals surface area contributed by atoms with Crippen molar-refractivity contribution in [2.24, 2.45) is 0 Å². The summed E-state index contributed by atoms with van der Waals surface area (Å²) in [6.45, 7) is 34.0. The van der Waals surface area contributed by atoms with Gasteiger partial charge in [-0.15, -0.1) is 0 Å². The number of nitrogens with zero attached hydrogens (tertiary/aromatic N) is 1. The Kier molecular flexibility index (Phi) is 22.5. The van der Waals surface area contributed by atoms with Crippen molar-refractivity contribution in [2.45, 2.75) is 289 Å². The smallest absolute Gasteiger partial charge is 0.144 e. The fraction of sp³-hybridized carbons (Fsp3) is 0.319. The molecule has 18 aromatic rings. The van der Waals surface area contributed by atoms with Crippen molar-refractivity contribution >= 4 is 60.9 Å². The minimum absolute atomic E-state index is 0.0227. The number of anilines is 3. The highest BCUT2D eigenvalue weighted by Gasteiger charge is 2.50. The van der Waals surface area contributed by atoms with E-state index in [1.807, 2.05) is 0 Å². The number of benzene rings is 16. The van der Waals surface area contributed by atoms with E-state index in [-0.39, 0.29) is 32.5 Å². The summed E-state index contributed by atoms with van der Waals surface area (Å²) in [5.74, 6) is 0. The fourth-order valence-corrected chi connectivity index (χ4v) is 29.0. The summed E-state index contributed by atoms with van der Waals surface area (Å²) in [4.78, 5) is 2.51. The van der Waals surface area contributed by atoms with Crippen LogP contribution in [0.5, 0.6) is 0 Å². The lowest BCUT2D eigenvalue weighted by molar-refractivity contribution is 0.399. The predicted molar refractivity (Wildman–Crippen MR) is 611 cm³/mol. The van der Waals surface area contributed by atoms with E-state index in [2.05, 4.69) is 399 Å². The third-order valence-corrected chi connectivity index (χ3v) is 36.9. The molecule has 0 unspecified atom stereocenters. The normalized spacial score (nSPS) is 15.8. The third kappa shape index (κ3) is 14.1. The standard InChI is InChI=1S/C141H139NO2/c1-15-19-23-27-42-72-140(73-43-28-24-20-16-2)113-52-38-34-48-97(113)103-66-58-90(78-123(103)140)88-56-64-99-101-68-60-92(80-117(101)135(5,6)115(99)76-88)109-84-126-131(134-129(109)107-50-36-40-54-127(107)144-134)106-71-63-96(83-120(106)138(126,11)12)142(94-46-32-31-33-47-94)95-62-70-105-111-86-122-112(87-121(111)137(9,10)119(105)82-95)130-125(139(122,13)14)85-110(133-132(130)108-51-37-41-55-128(108)143-133)93-61-69-102-100-65-57-89(77-116(100)136(7,8)118(102)81-93)91-59-67-104-98-49-35-39-53-114(98)141(124(104)79-91,74-44-29-25-21-17-3)75-45-30-26-22-18-4/h31-41,46-71,76-87H,15-30,42-45,72-75H2,1-14H3. The summed E-state index contributed by atoms with van der Waals surface area (Å²) in [6.07, 6.45) is 30.8. The summed E-state index contributed by atoms with van der Waals surface area (Å²) < 4.78 is 14.7. The highest BCUT2D eigenvalue weighted by Crippen LogP contribution is 2.65. The Hall–Kier alpha value is -13.1. The molecule has 25 rings (SSSR count). The van der Waals surface area contributed by atoms with Crippen LogP contribution in [0.4, 0.5) is 17.1 Å². The van der Waals surface area contributed by atoms with Crippen LogP contribution in [0.1, 0.15) is 329 Å². The zero-order valence-corrected chi connectivity index (χ0v) is 87.5. The van der Waals surface area contributed by atoms with Gasteiger partial charge in [-0.25, -0.2) is 0 Å². The van der Waals surface area contributed by atoms with Crippen LogP contribution in [0.3, 0.4) is 0 Å². The van der Waals surface area contributed by atoms with Gasteiger partial charge in [-0.3, -0.25) is 0 Å². The van der Waals surface area contributed by atoms with E-state index in [9.17, 15) is 0 Å². The Balaban J connectivity index is 0.527. The van der Waals surface area contributed by atoms with E-state index in [1.165, 1.54) is 337 Å². The third-order valence-electron chi connectivity index (χ3n) is 36.9. The summed E-state index contributed by atoms with van der Waals surface area (Å²) in [6, 6.07) is 117. The lowest BCUT2D eigenvalue weighted by atomic mass is 9.70. The minimum atomic E-state index is -0.410. The molecule has 0 saturated carbocycles. The van der Waals surface area contributed by atoms with Crippen molar-refractivity contribution in [3.8, 4) is 122 Å². The molecule has 720 valence electrons. The summed E-state index contributed by atoms with van der Waals surface area (Å²) in [5.41, 5.74) is 54.1. The van der Waals surface area contributed by atoms with E-state index >= 15 is 0 Å². The van der Waals surface area contributed by atoms with Gasteiger partial charge in [0.05, 0.1) is 0 Å². The minimum Gasteiger partial charge on any atom is -0.455 e. The molecular weight excluding hydrogens is 1740 g/mol. The van der Waals surface area contributed by atoms with Gasteiger partial charge in [0.15, 0.2) is 0 Å². The monoisotopic (exact) mass is 1880 g/mol. The first-order chi connectivity index (χ1) is 70.0. The lowest BCUT2D eigenvalue weighted by Gasteiger charge is -2.33. The van der Waals surface area contributed by atoms with Crippen LogP contribution in [0.25, 0.3) is 166 Å². The van der Waals surface area contributed by atoms with Gasteiger partial charge < -0.3 is 13.7 Å². The Morgan fingerprint density at radius 3 is 0.972 bits per heavy atom. The SMILES string of the molecule is CCCCCCCC1(CCCCCCC)c2ccccc2-c2ccc(-c3ccc4c(c3)C(C)(C)c3cc(-c5cc6c(c7c5oc5ccccc57)-c5cc7c(cc5C6(C)C)-c5ccc(N(c6ccccc6)c6ccc8c(c6)C(C)(C)c6cc(-c9ccc%10c(c9)C(C)(C)c9cc(-c%11ccc%12c(c%11)C(CCCCCCC)(CCCCCCC)c%11ccccc%11-%12)ccc9-%10)c9c(oc%10ccccc%109)c6-8)cc5C7(C)C)ccc3-4)cc21. The van der Waals surface area contributed by atoms with Gasteiger partial charge in [-0.05, 0) is 324 Å². The molecule has 0 atom stereocenters. The maximum Gasteiger partial charge on any atom is 0.144 e. The molecule has 3 nitrogen and oxygen atoms in total. The number of unbranched alkanes of at least 4 members (excludes halogenated alkanes) is 16. The molecule has 7 aliphatic rings. The maximum atomic E-state index is 7.35. The van der Waals surface area contributed by atoms with E-state index < -0.39 is 5.41 Å². The highest BCUT2D eigenvalue weighted by molar-refractivity contribution is 6.21. The quantitative estimate of drug-likeness (QED) is 0.0406. The number of fused-ring (bicyclic) bond motifs is 29. The zero-order valence-electron chi connectivity index (χ0n) is 87.5. The summed E-state index contributed by atoms with van der Waals surface area (Å²) in [5, 5.41) is 4.69. The Morgan fingerprint density at radius 2 is 0.500 bits per heavy atom. The molecular formula is C141H139NO2. The van der Waals surface area contributed by atoms with Crippen LogP contribution < -0.4 is 4.90 Å². The van der Waals surface area contributed by atoms with Crippen molar-refractivity contribution in [1.29, 1.82) is 0 Å². The van der Waals surface area contributed by atoms with Crippen LogP contribution in [-0.4, -0.2) is 0 Å². The number of furan rings is 2. The van der Waals surface area contributed by atoms with Gasteiger partial charge in [0.2, 0.25) is 0 Å². The van der Waals surface area contributed by atoms with Crippen molar-refractivity contribution in [3.63, 3.8) is 0 Å². The summed E-state index contributed by atoms with van der Waals surface area (Å²) in [7, 11) is 0. The van der Waals surface area contributed by atoms with Gasteiger partial charge in [0, 0.05) is 87.6 Å². The molecule has 0 saturated heterocycles. The first-order valence-electron chi connectivity index (χ1n) is 55.4. The summed E-state index contributed by atoms with van der Waals surface area (Å²) >= 11 is 0. The number of hydrogen-bond donors (Lipinski definition) is 0. The molecule has 0 bridgehead atoms. The molecule has 0 spiro atoms. The second-order valence-corrected chi connectivity index (χ2v) is 47.0. The molecule has 144 heavy (non-hydrogen) atoms. The average molecular weight is 1880 g/mol. The predicted octanol–water partition coefficient (Wildman–Crippen LogP) is 41.1. The Bertz CT molecular complexity index is 8210. The van der Waals surface area contributed by atoms with Crippen LogP contribution in [0.15, 0.2) is 306 Å². The van der Waals surface area contributed by atoms with Crippen LogP contribution in [0.2, 0.25) is 0 Å². The van der Waals surface area contributed by atoms with Gasteiger partial charge in [-0.1, -0.05) is 413 Å². The van der Waals surface area contributed by atoms with Crippen LogP contribution in [0, 0.1) is 0 Å². The van der Waals surface area contributed by atoms with Gasteiger partial charge in [-0.2, -0.15) is 0 Å². The van der Waals surface area contributed by atoms with Crippen molar-refractivity contribution < 1.29 is 8.83 Å². The molecule has 2 aromatic heterocycles. The molecule has 0 fully saturated rings. The van der Waals surface area contributed by atoms with Gasteiger partial charge >= 0.3 is 0 Å². The second-order valence-electron chi connectivity index (χ2n) is 47.0. The molecule has 16 aromatic carbocycles. The fourth-order valence-electron chi connectivity index (χ4n) is 29.0.